The summed E-state index contributed by atoms with van der Waals surface area (Å²) < 4.78 is 1.75. The molecule has 0 bridgehead atoms. The highest BCUT2D eigenvalue weighted by molar-refractivity contribution is 5.28. The summed E-state index contributed by atoms with van der Waals surface area (Å²) in [4.78, 5) is 7.95. The smallest absolute Gasteiger partial charge is 0.115 e. The Kier molecular flexibility index (Phi) is 3.43. The van der Waals surface area contributed by atoms with E-state index in [1.807, 2.05) is 6.92 Å². The average Bonchev–Trinajstić information content (AvgIpc) is 2.72. The molecule has 0 saturated carbocycles. The molecule has 2 aromatic heterocycles. The Bertz CT molecular complexity index is 478. The predicted molar refractivity (Wildman–Crippen MR) is 63.8 cm³/mol. The van der Waals surface area contributed by atoms with Gasteiger partial charge < -0.3 is 5.32 Å². The lowest BCUT2D eigenvalue weighted by Crippen LogP contribution is -2.19. The van der Waals surface area contributed by atoms with Gasteiger partial charge in [0, 0.05) is 0 Å². The van der Waals surface area contributed by atoms with Gasteiger partial charge >= 0.3 is 0 Å². The summed E-state index contributed by atoms with van der Waals surface area (Å²) in [6.07, 6.45) is 4.94. The molecule has 0 aliphatic rings. The van der Waals surface area contributed by atoms with Gasteiger partial charge in [-0.1, -0.05) is 12.1 Å². The fraction of sp³-hybridized carbons (Fsp3) is 0.455. The van der Waals surface area contributed by atoms with Crippen LogP contribution in [-0.2, 0) is 0 Å². The van der Waals surface area contributed by atoms with Crippen molar-refractivity contribution in [2.45, 2.75) is 26.8 Å². The quantitative estimate of drug-likeness (QED) is 0.853. The molecule has 0 radical (unpaired) electrons. The fourth-order valence-electron chi connectivity index (χ4n) is 1.79. The fourth-order valence-corrected chi connectivity index (χ4v) is 1.79. The molecule has 17 heavy (non-hydrogen) atoms. The summed E-state index contributed by atoms with van der Waals surface area (Å²) in [5.74, 6) is 0. The summed E-state index contributed by atoms with van der Waals surface area (Å²) in [6, 6.07) is 0.193. The number of hydrogen-bond donors (Lipinski definition) is 1. The van der Waals surface area contributed by atoms with Crippen LogP contribution in [0.5, 0.6) is 0 Å². The molecule has 2 heterocycles. The normalized spacial score (nSPS) is 12.6. The van der Waals surface area contributed by atoms with Crippen molar-refractivity contribution in [3.8, 4) is 5.69 Å². The highest BCUT2D eigenvalue weighted by atomic mass is 15.4. The Morgan fingerprint density at radius 1 is 1.35 bits per heavy atom. The molecular weight excluding hydrogens is 216 g/mol. The minimum Gasteiger partial charge on any atom is -0.309 e. The summed E-state index contributed by atoms with van der Waals surface area (Å²) in [7, 11) is 0. The van der Waals surface area contributed by atoms with Crippen LogP contribution in [0.3, 0.4) is 0 Å². The second kappa shape index (κ2) is 5.01. The molecule has 6 heteroatoms. The van der Waals surface area contributed by atoms with Gasteiger partial charge in [0.15, 0.2) is 0 Å². The number of nitrogens with zero attached hydrogens (tertiary/aromatic N) is 5. The first-order valence-electron chi connectivity index (χ1n) is 5.65. The highest BCUT2D eigenvalue weighted by Gasteiger charge is 2.15. The van der Waals surface area contributed by atoms with Crippen LogP contribution >= 0.6 is 0 Å². The summed E-state index contributed by atoms with van der Waals surface area (Å²) in [6.45, 7) is 7.05. The highest BCUT2D eigenvalue weighted by Crippen LogP contribution is 2.16. The summed E-state index contributed by atoms with van der Waals surface area (Å²) >= 11 is 0. The molecule has 0 saturated heterocycles. The predicted octanol–water partition coefficient (Wildman–Crippen LogP) is 1.04. The largest absolute Gasteiger partial charge is 0.309 e. The Balaban J connectivity index is 2.33. The minimum absolute atomic E-state index is 0.193. The monoisotopic (exact) mass is 232 g/mol. The first-order valence-corrected chi connectivity index (χ1v) is 5.65. The topological polar surface area (TPSA) is 68.5 Å². The molecule has 0 aliphatic carbocycles. The van der Waals surface area contributed by atoms with Crippen molar-refractivity contribution in [2.24, 2.45) is 0 Å². The van der Waals surface area contributed by atoms with Crippen LogP contribution in [0.4, 0.5) is 0 Å². The molecule has 1 atom stereocenters. The van der Waals surface area contributed by atoms with E-state index in [0.717, 1.165) is 23.6 Å². The van der Waals surface area contributed by atoms with Crippen molar-refractivity contribution in [1.29, 1.82) is 0 Å². The van der Waals surface area contributed by atoms with Crippen molar-refractivity contribution < 1.29 is 0 Å². The Morgan fingerprint density at radius 3 is 2.71 bits per heavy atom. The Hall–Kier alpha value is -1.82. The zero-order valence-electron chi connectivity index (χ0n) is 10.3. The van der Waals surface area contributed by atoms with Crippen molar-refractivity contribution >= 4 is 0 Å². The molecule has 0 amide bonds. The minimum atomic E-state index is 0.193. The first kappa shape index (κ1) is 11.7. The molecular formula is C11H16N6. The van der Waals surface area contributed by atoms with E-state index in [9.17, 15) is 0 Å². The maximum atomic E-state index is 4.21. The first-order chi connectivity index (χ1) is 8.24. The van der Waals surface area contributed by atoms with E-state index in [1.165, 1.54) is 6.33 Å². The Morgan fingerprint density at radius 2 is 2.06 bits per heavy atom. The molecule has 6 nitrogen and oxygen atoms in total. The second-order valence-corrected chi connectivity index (χ2v) is 3.85. The van der Waals surface area contributed by atoms with Gasteiger partial charge in [-0.15, -0.1) is 5.10 Å². The lowest BCUT2D eigenvalue weighted by atomic mass is 10.2. The third kappa shape index (κ3) is 2.31. The standard InChI is InChI=1S/C11H16N6/c1-4-14-8(2)11-9(3)17(16-15-11)10-5-12-7-13-6-10/h5-8,14H,4H2,1-3H3. The van der Waals surface area contributed by atoms with Crippen LogP contribution in [0.2, 0.25) is 0 Å². The molecule has 2 aromatic rings. The van der Waals surface area contributed by atoms with E-state index in [4.69, 9.17) is 0 Å². The molecule has 90 valence electrons. The summed E-state index contributed by atoms with van der Waals surface area (Å²) in [5, 5.41) is 11.7. The van der Waals surface area contributed by atoms with E-state index in [-0.39, 0.29) is 6.04 Å². The van der Waals surface area contributed by atoms with E-state index >= 15 is 0 Å². The second-order valence-electron chi connectivity index (χ2n) is 3.85. The molecule has 1 N–H and O–H groups in total. The van der Waals surface area contributed by atoms with Gasteiger partial charge in [-0.2, -0.15) is 0 Å². The van der Waals surface area contributed by atoms with E-state index < -0.39 is 0 Å². The van der Waals surface area contributed by atoms with E-state index in [0.29, 0.717) is 0 Å². The molecule has 0 spiro atoms. The maximum Gasteiger partial charge on any atom is 0.115 e. The van der Waals surface area contributed by atoms with Crippen molar-refractivity contribution in [2.75, 3.05) is 6.54 Å². The summed E-state index contributed by atoms with van der Waals surface area (Å²) in [5.41, 5.74) is 2.79. The van der Waals surface area contributed by atoms with Crippen LogP contribution in [0.1, 0.15) is 31.3 Å². The van der Waals surface area contributed by atoms with Gasteiger partial charge in [0.2, 0.25) is 0 Å². The molecule has 2 rings (SSSR count). The van der Waals surface area contributed by atoms with Gasteiger partial charge in [-0.25, -0.2) is 14.6 Å². The van der Waals surface area contributed by atoms with Crippen LogP contribution < -0.4 is 5.32 Å². The van der Waals surface area contributed by atoms with Gasteiger partial charge in [0.05, 0.1) is 24.1 Å². The molecule has 1 unspecified atom stereocenters. The zero-order valence-corrected chi connectivity index (χ0v) is 10.3. The molecule has 0 aliphatic heterocycles. The number of nitrogens with one attached hydrogen (secondary N) is 1. The zero-order chi connectivity index (χ0) is 12.3. The van der Waals surface area contributed by atoms with Gasteiger partial charge in [0.1, 0.15) is 17.7 Å². The van der Waals surface area contributed by atoms with Crippen LogP contribution in [-0.4, -0.2) is 31.5 Å². The van der Waals surface area contributed by atoms with Gasteiger partial charge in [-0.3, -0.25) is 0 Å². The van der Waals surface area contributed by atoms with Crippen molar-refractivity contribution in [3.05, 3.63) is 30.1 Å². The SMILES string of the molecule is CCNC(C)c1nnn(-c2cncnc2)c1C. The van der Waals surface area contributed by atoms with Gasteiger partial charge in [0.25, 0.3) is 0 Å². The van der Waals surface area contributed by atoms with Crippen LogP contribution in [0.15, 0.2) is 18.7 Å². The third-order valence-corrected chi connectivity index (χ3v) is 2.64. The lowest BCUT2D eigenvalue weighted by molar-refractivity contribution is 0.579. The van der Waals surface area contributed by atoms with Crippen molar-refractivity contribution in [1.82, 2.24) is 30.3 Å². The number of hydrogen-bond acceptors (Lipinski definition) is 5. The number of aromatic nitrogens is 5. The number of rotatable bonds is 4. The van der Waals surface area contributed by atoms with Crippen LogP contribution in [0, 0.1) is 6.92 Å². The van der Waals surface area contributed by atoms with E-state index in [2.05, 4.69) is 39.4 Å². The molecule has 0 aromatic carbocycles. The maximum absolute atomic E-state index is 4.21. The average molecular weight is 232 g/mol. The van der Waals surface area contributed by atoms with Crippen molar-refractivity contribution in [3.63, 3.8) is 0 Å². The van der Waals surface area contributed by atoms with Crippen LogP contribution in [0.25, 0.3) is 5.69 Å². The Labute approximate surface area is 100 Å². The lowest BCUT2D eigenvalue weighted by Gasteiger charge is -2.10. The molecule has 0 fully saturated rings. The van der Waals surface area contributed by atoms with E-state index in [1.54, 1.807) is 17.1 Å². The van der Waals surface area contributed by atoms with Gasteiger partial charge in [-0.05, 0) is 20.4 Å². The third-order valence-electron chi connectivity index (χ3n) is 2.64.